The number of amides is 2. The number of aliphatic hydroxyl groups excluding tert-OH is 1. The Balaban J connectivity index is 1.89. The number of fused-ring (bicyclic) bond motifs is 2. The van der Waals surface area contributed by atoms with Gasteiger partial charge in [0.05, 0.1) is 30.0 Å². The summed E-state index contributed by atoms with van der Waals surface area (Å²) in [6, 6.07) is 2.15. The molecule has 4 rings (SSSR count). The van der Waals surface area contributed by atoms with E-state index in [4.69, 9.17) is 9.47 Å². The normalized spacial score (nSPS) is 19.1. The number of hydrogen-bond donors (Lipinski definition) is 1. The molecule has 2 aliphatic heterocycles. The highest BCUT2D eigenvalue weighted by molar-refractivity contribution is 6.06. The lowest BCUT2D eigenvalue weighted by Crippen LogP contribution is -2.54. The Hall–Kier alpha value is -4.12. The van der Waals surface area contributed by atoms with Crippen LogP contribution >= 0.6 is 0 Å². The quantitative estimate of drug-likeness (QED) is 0.630. The minimum atomic E-state index is -1.52. The molecule has 2 amide bonds. The van der Waals surface area contributed by atoms with Crippen LogP contribution in [0.2, 0.25) is 0 Å². The zero-order valence-corrected chi connectivity index (χ0v) is 20.6. The summed E-state index contributed by atoms with van der Waals surface area (Å²) >= 11 is 0. The van der Waals surface area contributed by atoms with Crippen LogP contribution in [-0.4, -0.2) is 63.7 Å². The van der Waals surface area contributed by atoms with Gasteiger partial charge in [0.2, 0.25) is 0 Å². The van der Waals surface area contributed by atoms with Gasteiger partial charge in [-0.3, -0.25) is 14.2 Å². The van der Waals surface area contributed by atoms with E-state index in [1.807, 2.05) is 0 Å². The Morgan fingerprint density at radius 1 is 1.22 bits per heavy atom. The molecule has 2 atom stereocenters. The average molecular weight is 497 g/mol. The molecule has 1 aromatic carbocycles. The molecule has 2 aromatic rings. The van der Waals surface area contributed by atoms with Gasteiger partial charge in [-0.05, 0) is 36.6 Å². The van der Waals surface area contributed by atoms with Crippen LogP contribution in [0.25, 0.3) is 5.57 Å². The fourth-order valence-corrected chi connectivity index (χ4v) is 4.63. The molecular formula is C25H28N4O7. The maximum Gasteiger partial charge on any atom is 0.416 e. The van der Waals surface area contributed by atoms with Crippen LogP contribution < -0.4 is 20.9 Å². The first kappa shape index (κ1) is 25.0. The molecule has 3 heterocycles. The maximum absolute atomic E-state index is 13.7. The topological polar surface area (TPSA) is 123 Å². The van der Waals surface area contributed by atoms with E-state index in [-0.39, 0.29) is 30.0 Å². The lowest BCUT2D eigenvalue weighted by molar-refractivity contribution is 0.0476. The first-order valence-corrected chi connectivity index (χ1v) is 11.3. The summed E-state index contributed by atoms with van der Waals surface area (Å²) in [7, 11) is 4.40. The van der Waals surface area contributed by atoms with Crippen LogP contribution in [-0.2, 0) is 18.8 Å². The van der Waals surface area contributed by atoms with E-state index in [0.29, 0.717) is 23.3 Å². The standard InChI is InChI=1S/C25H28N4O7/c1-6-9-36-25(34)29-18-10-14(2)20(35-5)12-16(18)22(31)28-8-7-15(11-19(28)23(29)32)17-13-26(3)24(33)27(4)21(17)30/h6,10-13,19,23,32H,1,7-9H2,2-5H3/t19-,23?/m0/s1. The van der Waals surface area contributed by atoms with Crippen LogP contribution in [0.3, 0.4) is 0 Å². The number of aryl methyl sites for hydroxylation is 2. The molecule has 1 aromatic heterocycles. The summed E-state index contributed by atoms with van der Waals surface area (Å²) in [5, 5.41) is 11.5. The first-order chi connectivity index (χ1) is 17.1. The maximum atomic E-state index is 13.7. The number of anilines is 1. The first-order valence-electron chi connectivity index (χ1n) is 11.3. The number of carbonyl (C=O) groups excluding carboxylic acids is 2. The third kappa shape index (κ3) is 4.01. The number of aromatic nitrogens is 2. The molecule has 0 aliphatic carbocycles. The number of benzene rings is 1. The summed E-state index contributed by atoms with van der Waals surface area (Å²) in [6.45, 7) is 5.38. The van der Waals surface area contributed by atoms with Crippen molar-refractivity contribution >= 4 is 23.3 Å². The SMILES string of the molecule is C=CCOC(=O)N1c2cc(C)c(OC)cc2C(=O)N2CCC(c3cn(C)c(=O)n(C)c3=O)=C[C@H]2C1O. The van der Waals surface area contributed by atoms with Gasteiger partial charge in [-0.1, -0.05) is 18.7 Å². The van der Waals surface area contributed by atoms with Crippen LogP contribution in [0, 0.1) is 6.92 Å². The minimum Gasteiger partial charge on any atom is -0.496 e. The number of rotatable bonds is 4. The minimum absolute atomic E-state index is 0.0932. The van der Waals surface area contributed by atoms with Crippen molar-refractivity contribution in [1.29, 1.82) is 0 Å². The predicted molar refractivity (Wildman–Crippen MR) is 132 cm³/mol. The van der Waals surface area contributed by atoms with Crippen molar-refractivity contribution in [2.45, 2.75) is 25.6 Å². The molecule has 0 bridgehead atoms. The molecule has 0 spiro atoms. The highest BCUT2D eigenvalue weighted by Crippen LogP contribution is 2.38. The number of carbonyl (C=O) groups is 2. The smallest absolute Gasteiger partial charge is 0.416 e. The number of hydrogen-bond acceptors (Lipinski definition) is 7. The van der Waals surface area contributed by atoms with Crippen LogP contribution in [0.1, 0.15) is 27.9 Å². The number of nitrogens with zero attached hydrogens (tertiary/aromatic N) is 4. The molecule has 11 nitrogen and oxygen atoms in total. The van der Waals surface area contributed by atoms with Crippen molar-refractivity contribution in [3.05, 3.63) is 74.6 Å². The third-order valence-corrected chi connectivity index (χ3v) is 6.50. The van der Waals surface area contributed by atoms with Crippen LogP contribution in [0.5, 0.6) is 5.75 Å². The molecule has 2 aliphatic rings. The monoisotopic (exact) mass is 496 g/mol. The van der Waals surface area contributed by atoms with E-state index >= 15 is 0 Å². The molecule has 0 radical (unpaired) electrons. The van der Waals surface area contributed by atoms with E-state index in [1.165, 1.54) is 49.0 Å². The molecule has 0 fully saturated rings. The zero-order valence-electron chi connectivity index (χ0n) is 20.6. The van der Waals surface area contributed by atoms with Crippen molar-refractivity contribution in [1.82, 2.24) is 14.0 Å². The largest absolute Gasteiger partial charge is 0.496 e. The summed E-state index contributed by atoms with van der Waals surface area (Å²) in [6.07, 6.45) is 2.36. The second kappa shape index (κ2) is 9.50. The summed E-state index contributed by atoms with van der Waals surface area (Å²) in [4.78, 5) is 54.2. The van der Waals surface area contributed by atoms with Crippen LogP contribution in [0.15, 0.2) is 46.6 Å². The van der Waals surface area contributed by atoms with Crippen molar-refractivity contribution < 1.29 is 24.2 Å². The Morgan fingerprint density at radius 3 is 2.61 bits per heavy atom. The molecule has 36 heavy (non-hydrogen) atoms. The molecular weight excluding hydrogens is 468 g/mol. The van der Waals surface area contributed by atoms with Gasteiger partial charge in [-0.15, -0.1) is 0 Å². The molecule has 1 unspecified atom stereocenters. The summed E-state index contributed by atoms with van der Waals surface area (Å²) in [5.41, 5.74) is 0.882. The number of aliphatic hydroxyl groups is 1. The molecule has 11 heteroatoms. The summed E-state index contributed by atoms with van der Waals surface area (Å²) < 4.78 is 12.9. The average Bonchev–Trinajstić information content (AvgIpc) is 2.95. The highest BCUT2D eigenvalue weighted by Gasteiger charge is 2.44. The lowest BCUT2D eigenvalue weighted by atomic mass is 9.96. The van der Waals surface area contributed by atoms with E-state index in [9.17, 15) is 24.3 Å². The van der Waals surface area contributed by atoms with Crippen molar-refractivity contribution in [3.63, 3.8) is 0 Å². The van der Waals surface area contributed by atoms with E-state index < -0.39 is 35.5 Å². The number of ether oxygens (including phenoxy) is 2. The summed E-state index contributed by atoms with van der Waals surface area (Å²) in [5.74, 6) is 0.0476. The van der Waals surface area contributed by atoms with E-state index in [2.05, 4.69) is 6.58 Å². The molecule has 0 saturated heterocycles. The fourth-order valence-electron chi connectivity index (χ4n) is 4.63. The lowest BCUT2D eigenvalue weighted by Gasteiger charge is -2.37. The van der Waals surface area contributed by atoms with Crippen molar-refractivity contribution in [2.24, 2.45) is 14.1 Å². The number of methoxy groups -OCH3 is 1. The Kier molecular flexibility index (Phi) is 6.59. The van der Waals surface area contributed by atoms with Crippen LogP contribution in [0.4, 0.5) is 10.5 Å². The highest BCUT2D eigenvalue weighted by atomic mass is 16.6. The van der Waals surface area contributed by atoms with E-state index in [0.717, 1.165) is 9.47 Å². The Bertz CT molecular complexity index is 1400. The van der Waals surface area contributed by atoms with Gasteiger partial charge in [0, 0.05) is 26.8 Å². The van der Waals surface area contributed by atoms with Gasteiger partial charge in [0.1, 0.15) is 12.4 Å². The van der Waals surface area contributed by atoms with Gasteiger partial charge in [0.15, 0.2) is 6.23 Å². The van der Waals surface area contributed by atoms with Gasteiger partial charge in [-0.25, -0.2) is 14.5 Å². The predicted octanol–water partition coefficient (Wildman–Crippen LogP) is 1.16. The zero-order chi connectivity index (χ0) is 26.3. The third-order valence-electron chi connectivity index (χ3n) is 6.50. The molecule has 0 saturated carbocycles. The second-order valence-corrected chi connectivity index (χ2v) is 8.72. The fraction of sp³-hybridized carbons (Fsp3) is 0.360. The Labute approximate surface area is 207 Å². The van der Waals surface area contributed by atoms with Gasteiger partial charge in [-0.2, -0.15) is 0 Å². The Morgan fingerprint density at radius 2 is 1.94 bits per heavy atom. The van der Waals surface area contributed by atoms with Crippen molar-refractivity contribution in [3.8, 4) is 5.75 Å². The molecule has 190 valence electrons. The van der Waals surface area contributed by atoms with E-state index in [1.54, 1.807) is 19.1 Å². The second-order valence-electron chi connectivity index (χ2n) is 8.72. The van der Waals surface area contributed by atoms with Gasteiger partial charge >= 0.3 is 11.8 Å². The van der Waals surface area contributed by atoms with Crippen molar-refractivity contribution in [2.75, 3.05) is 25.2 Å². The van der Waals surface area contributed by atoms with Gasteiger partial charge in [0.25, 0.3) is 11.5 Å². The molecule has 1 N–H and O–H groups in total. The van der Waals surface area contributed by atoms with Gasteiger partial charge < -0.3 is 24.0 Å².